The van der Waals surface area contributed by atoms with Gasteiger partial charge in [-0.05, 0) is 12.8 Å². The molecule has 94 valence electrons. The van der Waals surface area contributed by atoms with E-state index in [1.807, 2.05) is 0 Å². The second kappa shape index (κ2) is 3.90. The molecule has 0 atom stereocenters. The van der Waals surface area contributed by atoms with Gasteiger partial charge in [-0.2, -0.15) is 18.3 Å². The third kappa shape index (κ3) is 2.38. The summed E-state index contributed by atoms with van der Waals surface area (Å²) in [5.74, 6) is -0.622. The molecule has 0 saturated heterocycles. The van der Waals surface area contributed by atoms with Crippen LogP contribution in [0.1, 0.15) is 29.0 Å². The van der Waals surface area contributed by atoms with Gasteiger partial charge in [-0.15, -0.1) is 0 Å². The van der Waals surface area contributed by atoms with E-state index in [1.165, 1.54) is 7.05 Å². The second-order valence-electron chi connectivity index (χ2n) is 3.88. The normalized spacial score (nSPS) is 16.1. The Kier molecular flexibility index (Phi) is 2.81. The van der Waals surface area contributed by atoms with Gasteiger partial charge in [-0.1, -0.05) is 11.6 Å². The summed E-state index contributed by atoms with van der Waals surface area (Å²) in [5, 5.41) is 5.14. The molecule has 1 aromatic rings. The lowest BCUT2D eigenvalue weighted by Crippen LogP contribution is -2.27. The van der Waals surface area contributed by atoms with E-state index < -0.39 is 22.8 Å². The highest BCUT2D eigenvalue weighted by atomic mass is 35.5. The van der Waals surface area contributed by atoms with Crippen molar-refractivity contribution in [1.82, 2.24) is 15.1 Å². The van der Waals surface area contributed by atoms with Crippen molar-refractivity contribution in [2.45, 2.75) is 25.1 Å². The Morgan fingerprint density at radius 1 is 1.53 bits per heavy atom. The minimum atomic E-state index is -4.66. The molecule has 1 fully saturated rings. The number of halogens is 4. The van der Waals surface area contributed by atoms with Crippen LogP contribution in [0.2, 0.25) is 5.02 Å². The lowest BCUT2D eigenvalue weighted by Gasteiger charge is -2.03. The molecule has 1 aliphatic carbocycles. The first-order chi connectivity index (χ1) is 7.80. The van der Waals surface area contributed by atoms with Crippen LogP contribution in [0.3, 0.4) is 0 Å². The molecule has 0 aromatic carbocycles. The Labute approximate surface area is 99.7 Å². The summed E-state index contributed by atoms with van der Waals surface area (Å²) in [6.07, 6.45) is -2.98. The Bertz CT molecular complexity index is 465. The van der Waals surface area contributed by atoms with Crippen molar-refractivity contribution in [3.05, 3.63) is 16.4 Å². The highest BCUT2D eigenvalue weighted by Crippen LogP contribution is 2.35. The molecule has 0 radical (unpaired) electrons. The van der Waals surface area contributed by atoms with Gasteiger partial charge >= 0.3 is 6.18 Å². The van der Waals surface area contributed by atoms with Crippen molar-refractivity contribution < 1.29 is 18.0 Å². The molecule has 1 aliphatic rings. The van der Waals surface area contributed by atoms with Crippen LogP contribution in [0, 0.1) is 0 Å². The summed E-state index contributed by atoms with van der Waals surface area (Å²) < 4.78 is 38.3. The maximum atomic E-state index is 12.5. The molecule has 2 rings (SSSR count). The molecule has 1 heterocycles. The number of nitrogens with one attached hydrogen (secondary N) is 1. The summed E-state index contributed by atoms with van der Waals surface area (Å²) in [6.45, 7) is 0. The van der Waals surface area contributed by atoms with Gasteiger partial charge in [0.25, 0.3) is 5.91 Å². The van der Waals surface area contributed by atoms with Crippen LogP contribution in [-0.4, -0.2) is 21.7 Å². The third-order valence-electron chi connectivity index (χ3n) is 2.39. The molecule has 17 heavy (non-hydrogen) atoms. The molecule has 8 heteroatoms. The van der Waals surface area contributed by atoms with E-state index in [0.29, 0.717) is 0 Å². The van der Waals surface area contributed by atoms with Gasteiger partial charge in [0.15, 0.2) is 5.69 Å². The van der Waals surface area contributed by atoms with Gasteiger partial charge in [-0.3, -0.25) is 9.48 Å². The fraction of sp³-hybridized carbons (Fsp3) is 0.556. The van der Waals surface area contributed by atoms with Crippen molar-refractivity contribution in [3.8, 4) is 0 Å². The molecule has 0 spiro atoms. The number of alkyl halides is 3. The molecule has 1 saturated carbocycles. The lowest BCUT2D eigenvalue weighted by molar-refractivity contribution is -0.141. The van der Waals surface area contributed by atoms with Crippen LogP contribution in [-0.2, 0) is 13.2 Å². The van der Waals surface area contributed by atoms with E-state index >= 15 is 0 Å². The number of rotatable bonds is 2. The number of carbonyl (C=O) groups is 1. The van der Waals surface area contributed by atoms with Gasteiger partial charge < -0.3 is 5.32 Å². The quantitative estimate of drug-likeness (QED) is 0.891. The molecule has 1 aromatic heterocycles. The van der Waals surface area contributed by atoms with E-state index in [-0.39, 0.29) is 11.7 Å². The molecular formula is C9H9ClF3N3O. The number of hydrogen-bond donors (Lipinski definition) is 1. The highest BCUT2D eigenvalue weighted by Gasteiger charge is 2.40. The monoisotopic (exact) mass is 267 g/mol. The number of aromatic nitrogens is 2. The van der Waals surface area contributed by atoms with Crippen LogP contribution in [0.25, 0.3) is 0 Å². The topological polar surface area (TPSA) is 46.9 Å². The Morgan fingerprint density at radius 3 is 2.53 bits per heavy atom. The third-order valence-corrected chi connectivity index (χ3v) is 2.74. The lowest BCUT2D eigenvalue weighted by atomic mass is 10.3. The van der Waals surface area contributed by atoms with Crippen molar-refractivity contribution in [3.63, 3.8) is 0 Å². The molecular weight excluding hydrogens is 259 g/mol. The molecule has 1 N–H and O–H groups in total. The zero-order valence-electron chi connectivity index (χ0n) is 8.81. The summed E-state index contributed by atoms with van der Waals surface area (Å²) in [4.78, 5) is 11.7. The molecule has 0 aliphatic heterocycles. The fourth-order valence-electron chi connectivity index (χ4n) is 1.41. The summed E-state index contributed by atoms with van der Waals surface area (Å²) in [7, 11) is 1.25. The molecule has 0 bridgehead atoms. The standard InChI is InChI=1S/C9H9ClF3N3O/c1-16-6(8(17)14-4-2-3-4)5(10)7(15-16)9(11,12)13/h4H,2-3H2,1H3,(H,14,17). The number of amides is 1. The number of carbonyl (C=O) groups excluding carboxylic acids is 1. The molecule has 4 nitrogen and oxygen atoms in total. The first kappa shape index (κ1) is 12.2. The van der Waals surface area contributed by atoms with E-state index in [4.69, 9.17) is 11.6 Å². The minimum absolute atomic E-state index is 0.0443. The average molecular weight is 268 g/mol. The highest BCUT2D eigenvalue weighted by molar-refractivity contribution is 6.34. The van der Waals surface area contributed by atoms with Gasteiger partial charge in [0.1, 0.15) is 10.7 Å². The van der Waals surface area contributed by atoms with Gasteiger partial charge in [-0.25, -0.2) is 0 Å². The smallest absolute Gasteiger partial charge is 0.348 e. The Balaban J connectivity index is 2.33. The van der Waals surface area contributed by atoms with Gasteiger partial charge in [0.2, 0.25) is 0 Å². The number of hydrogen-bond acceptors (Lipinski definition) is 2. The predicted molar refractivity (Wildman–Crippen MR) is 53.7 cm³/mol. The van der Waals surface area contributed by atoms with Crippen molar-refractivity contribution in [1.29, 1.82) is 0 Å². The fourth-order valence-corrected chi connectivity index (χ4v) is 1.76. The van der Waals surface area contributed by atoms with Crippen molar-refractivity contribution >= 4 is 17.5 Å². The predicted octanol–water partition coefficient (Wildman–Crippen LogP) is 1.98. The van der Waals surface area contributed by atoms with E-state index in [0.717, 1.165) is 17.5 Å². The van der Waals surface area contributed by atoms with Crippen molar-refractivity contribution in [2.24, 2.45) is 7.05 Å². The zero-order valence-corrected chi connectivity index (χ0v) is 9.56. The number of nitrogens with zero attached hydrogens (tertiary/aromatic N) is 2. The average Bonchev–Trinajstić information content (AvgIpc) is 2.90. The minimum Gasteiger partial charge on any atom is -0.348 e. The van der Waals surface area contributed by atoms with Crippen LogP contribution in [0.15, 0.2) is 0 Å². The second-order valence-corrected chi connectivity index (χ2v) is 4.26. The van der Waals surface area contributed by atoms with Gasteiger partial charge in [0, 0.05) is 13.1 Å². The number of aryl methyl sites for hydroxylation is 1. The van der Waals surface area contributed by atoms with Crippen LogP contribution in [0.4, 0.5) is 13.2 Å². The maximum absolute atomic E-state index is 12.5. The maximum Gasteiger partial charge on any atom is 0.436 e. The first-order valence-corrected chi connectivity index (χ1v) is 5.29. The van der Waals surface area contributed by atoms with Crippen LogP contribution < -0.4 is 5.32 Å². The van der Waals surface area contributed by atoms with E-state index in [1.54, 1.807) is 0 Å². The summed E-state index contributed by atoms with van der Waals surface area (Å²) in [6, 6.07) is 0.0443. The largest absolute Gasteiger partial charge is 0.436 e. The van der Waals surface area contributed by atoms with E-state index in [2.05, 4.69) is 10.4 Å². The Hall–Kier alpha value is -1.24. The van der Waals surface area contributed by atoms with Crippen LogP contribution >= 0.6 is 11.6 Å². The SMILES string of the molecule is Cn1nc(C(F)(F)F)c(Cl)c1C(=O)NC1CC1. The summed E-state index contributed by atoms with van der Waals surface area (Å²) in [5.41, 5.74) is -1.49. The molecule has 0 unspecified atom stereocenters. The molecule has 1 amide bonds. The Morgan fingerprint density at radius 2 is 2.12 bits per heavy atom. The van der Waals surface area contributed by atoms with Crippen LogP contribution in [0.5, 0.6) is 0 Å². The summed E-state index contributed by atoms with van der Waals surface area (Å²) >= 11 is 5.55. The first-order valence-electron chi connectivity index (χ1n) is 4.91. The van der Waals surface area contributed by atoms with E-state index in [9.17, 15) is 18.0 Å². The van der Waals surface area contributed by atoms with Gasteiger partial charge in [0.05, 0.1) is 0 Å². The van der Waals surface area contributed by atoms with Crippen molar-refractivity contribution in [2.75, 3.05) is 0 Å². The zero-order chi connectivity index (χ0) is 12.8.